The van der Waals surface area contributed by atoms with E-state index in [4.69, 9.17) is 5.73 Å². The van der Waals surface area contributed by atoms with Crippen molar-refractivity contribution in [3.05, 3.63) is 34.9 Å². The molecule has 112 valence electrons. The predicted molar refractivity (Wildman–Crippen MR) is 84.4 cm³/mol. The monoisotopic (exact) mass is 287 g/mol. The molecule has 1 aliphatic rings. The zero-order valence-electron chi connectivity index (χ0n) is 12.3. The van der Waals surface area contributed by atoms with Crippen LogP contribution in [-0.4, -0.2) is 59.1 Å². The van der Waals surface area contributed by atoms with Crippen LogP contribution in [0.2, 0.25) is 0 Å². The Labute approximate surface area is 123 Å². The maximum Gasteiger partial charge on any atom is 0.261 e. The smallest absolute Gasteiger partial charge is 0.261 e. The minimum Gasteiger partial charge on any atom is -0.399 e. The summed E-state index contributed by atoms with van der Waals surface area (Å²) in [4.78, 5) is 21.5. The normalized spacial score (nSPS) is 17.4. The number of hydrogen-bond acceptors (Lipinski definition) is 5. The average molecular weight is 287 g/mol. The largest absolute Gasteiger partial charge is 0.399 e. The molecular formula is C15H21N5O. The number of nitrogens with two attached hydrogens (primary N) is 1. The summed E-state index contributed by atoms with van der Waals surface area (Å²) >= 11 is 0. The van der Waals surface area contributed by atoms with Crippen LogP contribution in [0.1, 0.15) is 0 Å². The molecule has 0 unspecified atom stereocenters. The van der Waals surface area contributed by atoms with Crippen LogP contribution in [0.3, 0.4) is 0 Å². The minimum absolute atomic E-state index is 0.0126. The minimum atomic E-state index is -0.0126. The molecule has 1 aromatic carbocycles. The summed E-state index contributed by atoms with van der Waals surface area (Å²) in [6, 6.07) is 5.26. The molecule has 21 heavy (non-hydrogen) atoms. The van der Waals surface area contributed by atoms with E-state index in [0.29, 0.717) is 23.1 Å². The van der Waals surface area contributed by atoms with Crippen molar-refractivity contribution in [2.45, 2.75) is 6.54 Å². The topological polar surface area (TPSA) is 67.4 Å². The number of rotatable bonds is 3. The van der Waals surface area contributed by atoms with Crippen molar-refractivity contribution >= 4 is 16.6 Å². The number of hydrogen-bond donors (Lipinski definition) is 1. The molecule has 0 amide bonds. The number of nitrogens with zero attached hydrogens (tertiary/aromatic N) is 4. The second-order valence-electron chi connectivity index (χ2n) is 5.66. The quantitative estimate of drug-likeness (QED) is 0.818. The van der Waals surface area contributed by atoms with Gasteiger partial charge in [0.1, 0.15) is 0 Å². The first kappa shape index (κ1) is 14.0. The lowest BCUT2D eigenvalue weighted by Gasteiger charge is -2.32. The van der Waals surface area contributed by atoms with Crippen LogP contribution in [0.4, 0.5) is 5.69 Å². The summed E-state index contributed by atoms with van der Waals surface area (Å²) in [7, 11) is 2.14. The highest BCUT2D eigenvalue weighted by Crippen LogP contribution is 2.11. The van der Waals surface area contributed by atoms with Crippen LogP contribution in [0.15, 0.2) is 29.3 Å². The fourth-order valence-electron chi connectivity index (χ4n) is 2.66. The Morgan fingerprint density at radius 3 is 2.71 bits per heavy atom. The van der Waals surface area contributed by atoms with Gasteiger partial charge < -0.3 is 10.6 Å². The third-order valence-corrected chi connectivity index (χ3v) is 4.10. The number of aromatic nitrogens is 2. The standard InChI is InChI=1S/C15H21N5O/c1-18-4-6-19(7-5-18)8-9-20-11-17-14-3-2-12(16)10-13(14)15(20)21/h2-3,10-11H,4-9,16H2,1H3. The maximum atomic E-state index is 12.4. The van der Waals surface area contributed by atoms with Gasteiger partial charge >= 0.3 is 0 Å². The molecule has 0 atom stereocenters. The zero-order valence-corrected chi connectivity index (χ0v) is 12.3. The summed E-state index contributed by atoms with van der Waals surface area (Å²) in [5, 5.41) is 0.593. The Morgan fingerprint density at radius 1 is 1.19 bits per heavy atom. The Kier molecular flexibility index (Phi) is 3.90. The molecule has 1 aliphatic heterocycles. The van der Waals surface area contributed by atoms with E-state index in [2.05, 4.69) is 21.8 Å². The van der Waals surface area contributed by atoms with Gasteiger partial charge in [-0.2, -0.15) is 0 Å². The second-order valence-corrected chi connectivity index (χ2v) is 5.66. The Balaban J connectivity index is 1.75. The van der Waals surface area contributed by atoms with Crippen molar-refractivity contribution < 1.29 is 0 Å². The molecule has 6 heteroatoms. The van der Waals surface area contributed by atoms with Crippen LogP contribution < -0.4 is 11.3 Å². The van der Waals surface area contributed by atoms with Crippen molar-refractivity contribution in [2.24, 2.45) is 0 Å². The van der Waals surface area contributed by atoms with E-state index in [1.165, 1.54) is 0 Å². The highest BCUT2D eigenvalue weighted by atomic mass is 16.1. The van der Waals surface area contributed by atoms with E-state index in [-0.39, 0.29) is 5.56 Å². The average Bonchev–Trinajstić information content (AvgIpc) is 2.49. The molecule has 0 bridgehead atoms. The van der Waals surface area contributed by atoms with Crippen LogP contribution in [0.5, 0.6) is 0 Å². The van der Waals surface area contributed by atoms with Gasteiger partial charge in [-0.25, -0.2) is 4.98 Å². The molecule has 0 saturated carbocycles. The molecule has 1 saturated heterocycles. The fourth-order valence-corrected chi connectivity index (χ4v) is 2.66. The van der Waals surface area contributed by atoms with Crippen molar-refractivity contribution in [3.63, 3.8) is 0 Å². The van der Waals surface area contributed by atoms with E-state index in [1.54, 1.807) is 29.1 Å². The second kappa shape index (κ2) is 5.83. The summed E-state index contributed by atoms with van der Waals surface area (Å²) in [5.74, 6) is 0. The van der Waals surface area contributed by atoms with Gasteiger partial charge in [0, 0.05) is 45.0 Å². The van der Waals surface area contributed by atoms with Gasteiger partial charge in [-0.1, -0.05) is 0 Å². The van der Waals surface area contributed by atoms with Gasteiger partial charge in [0.15, 0.2) is 0 Å². The van der Waals surface area contributed by atoms with Gasteiger partial charge in [0.05, 0.1) is 17.2 Å². The molecule has 6 nitrogen and oxygen atoms in total. The lowest BCUT2D eigenvalue weighted by molar-refractivity contribution is 0.149. The maximum absolute atomic E-state index is 12.4. The molecule has 2 N–H and O–H groups in total. The van der Waals surface area contributed by atoms with Crippen LogP contribution in [0, 0.1) is 0 Å². The molecule has 0 aliphatic carbocycles. The first-order valence-electron chi connectivity index (χ1n) is 7.29. The number of anilines is 1. The Bertz CT molecular complexity index is 688. The molecule has 2 heterocycles. The summed E-state index contributed by atoms with van der Waals surface area (Å²) in [6.07, 6.45) is 1.64. The van der Waals surface area contributed by atoms with Crippen LogP contribution in [0.25, 0.3) is 10.9 Å². The zero-order chi connectivity index (χ0) is 14.8. The molecule has 1 fully saturated rings. The van der Waals surface area contributed by atoms with Gasteiger partial charge in [-0.05, 0) is 25.2 Å². The van der Waals surface area contributed by atoms with Crippen molar-refractivity contribution in [1.82, 2.24) is 19.4 Å². The van der Waals surface area contributed by atoms with Gasteiger partial charge in [-0.15, -0.1) is 0 Å². The lowest BCUT2D eigenvalue weighted by atomic mass is 10.2. The molecular weight excluding hydrogens is 266 g/mol. The van der Waals surface area contributed by atoms with E-state index < -0.39 is 0 Å². The summed E-state index contributed by atoms with van der Waals surface area (Å²) < 4.78 is 1.68. The molecule has 3 rings (SSSR count). The number of nitrogen functional groups attached to an aromatic ring is 1. The number of benzene rings is 1. The summed E-state index contributed by atoms with van der Waals surface area (Å²) in [6.45, 7) is 5.82. The molecule has 1 aromatic heterocycles. The van der Waals surface area contributed by atoms with E-state index in [0.717, 1.165) is 32.7 Å². The summed E-state index contributed by atoms with van der Waals surface area (Å²) in [5.41, 5.74) is 7.04. The van der Waals surface area contributed by atoms with Gasteiger partial charge in [0.25, 0.3) is 5.56 Å². The van der Waals surface area contributed by atoms with Gasteiger partial charge in [0.2, 0.25) is 0 Å². The fraction of sp³-hybridized carbons (Fsp3) is 0.467. The molecule has 0 radical (unpaired) electrons. The number of fused-ring (bicyclic) bond motifs is 1. The predicted octanol–water partition coefficient (Wildman–Crippen LogP) is 0.226. The lowest BCUT2D eigenvalue weighted by Crippen LogP contribution is -2.45. The van der Waals surface area contributed by atoms with Crippen molar-refractivity contribution in [2.75, 3.05) is 45.5 Å². The van der Waals surface area contributed by atoms with Crippen LogP contribution in [-0.2, 0) is 6.54 Å². The SMILES string of the molecule is CN1CCN(CCn2cnc3ccc(N)cc3c2=O)CC1. The highest BCUT2D eigenvalue weighted by molar-refractivity contribution is 5.80. The van der Waals surface area contributed by atoms with E-state index >= 15 is 0 Å². The van der Waals surface area contributed by atoms with Crippen LogP contribution >= 0.6 is 0 Å². The first-order chi connectivity index (χ1) is 10.1. The Hall–Kier alpha value is -1.92. The Morgan fingerprint density at radius 2 is 1.95 bits per heavy atom. The van der Waals surface area contributed by atoms with Crippen molar-refractivity contribution in [1.29, 1.82) is 0 Å². The molecule has 2 aromatic rings. The van der Waals surface area contributed by atoms with Gasteiger partial charge in [-0.3, -0.25) is 14.3 Å². The number of piperazine rings is 1. The van der Waals surface area contributed by atoms with Crippen molar-refractivity contribution in [3.8, 4) is 0 Å². The third kappa shape index (κ3) is 3.06. The first-order valence-corrected chi connectivity index (χ1v) is 7.29. The number of likely N-dealkylation sites (N-methyl/N-ethyl adjacent to an activating group) is 1. The molecule has 0 spiro atoms. The van der Waals surface area contributed by atoms with E-state index in [9.17, 15) is 4.79 Å². The third-order valence-electron chi connectivity index (χ3n) is 4.10. The van der Waals surface area contributed by atoms with E-state index in [1.807, 2.05) is 0 Å². The highest BCUT2D eigenvalue weighted by Gasteiger charge is 2.13.